The van der Waals surface area contributed by atoms with Gasteiger partial charge in [-0.1, -0.05) is 51.0 Å². The van der Waals surface area contributed by atoms with Gasteiger partial charge in [0, 0.05) is 13.5 Å². The maximum absolute atomic E-state index is 11.8. The molecular formula is C25H29N3O4. The minimum absolute atomic E-state index is 0.0204. The van der Waals surface area contributed by atoms with E-state index in [-0.39, 0.29) is 17.8 Å². The Morgan fingerprint density at radius 3 is 2.44 bits per heavy atom. The smallest absolute Gasteiger partial charge is 0.451 e. The summed E-state index contributed by atoms with van der Waals surface area (Å²) in [4.78, 5) is 11.8. The first-order chi connectivity index (χ1) is 15.1. The van der Waals surface area contributed by atoms with Crippen molar-refractivity contribution in [2.75, 3.05) is 6.61 Å². The maximum Gasteiger partial charge on any atom is 0.512 e. The number of nitrogens with zero attached hydrogens (tertiary/aromatic N) is 3. The van der Waals surface area contributed by atoms with Gasteiger partial charge in [-0.15, -0.1) is 6.42 Å². The third-order valence-corrected chi connectivity index (χ3v) is 4.63. The van der Waals surface area contributed by atoms with Crippen LogP contribution >= 0.6 is 0 Å². The summed E-state index contributed by atoms with van der Waals surface area (Å²) in [5, 5.41) is 14.5. The Labute approximate surface area is 189 Å². The van der Waals surface area contributed by atoms with Crippen LogP contribution in [0.1, 0.15) is 57.1 Å². The number of benzene rings is 1. The predicted octanol–water partition coefficient (Wildman–Crippen LogP) is 5.05. The lowest BCUT2D eigenvalue weighted by Gasteiger charge is -2.21. The van der Waals surface area contributed by atoms with E-state index in [1.807, 2.05) is 44.2 Å². The lowest BCUT2D eigenvalue weighted by molar-refractivity contribution is -0.0644. The highest BCUT2D eigenvalue weighted by Gasteiger charge is 2.23. The van der Waals surface area contributed by atoms with E-state index in [9.17, 15) is 10.1 Å². The van der Waals surface area contributed by atoms with Crippen LogP contribution in [0.25, 0.3) is 11.3 Å². The zero-order chi connectivity index (χ0) is 23.9. The summed E-state index contributed by atoms with van der Waals surface area (Å²) in [5.41, 5.74) is 3.47. The van der Waals surface area contributed by atoms with Crippen molar-refractivity contribution < 1.29 is 19.0 Å². The number of aromatic nitrogens is 2. The topological polar surface area (TPSA) is 86.4 Å². The Hall–Kier alpha value is -3.71. The van der Waals surface area contributed by atoms with Crippen LogP contribution in [0.3, 0.4) is 0 Å². The highest BCUT2D eigenvalue weighted by molar-refractivity contribution is 5.94. The van der Waals surface area contributed by atoms with Crippen LogP contribution in [0.15, 0.2) is 30.3 Å². The fourth-order valence-electron chi connectivity index (χ4n) is 3.06. The number of nitriles is 1. The zero-order valence-corrected chi connectivity index (χ0v) is 19.4. The fourth-order valence-corrected chi connectivity index (χ4v) is 3.06. The van der Waals surface area contributed by atoms with Crippen molar-refractivity contribution in [2.24, 2.45) is 0 Å². The minimum atomic E-state index is -1.03. The first kappa shape index (κ1) is 24.6. The molecule has 1 unspecified atom stereocenters. The van der Waals surface area contributed by atoms with Crippen LogP contribution in [0.4, 0.5) is 4.79 Å². The molecule has 0 bridgehead atoms. The molecule has 1 aromatic heterocycles. The number of hydrogen-bond donors (Lipinski definition) is 0. The Balaban J connectivity index is 2.52. The molecule has 2 aromatic rings. The molecule has 32 heavy (non-hydrogen) atoms. The summed E-state index contributed by atoms with van der Waals surface area (Å²) in [7, 11) is 0. The van der Waals surface area contributed by atoms with E-state index in [4.69, 9.17) is 20.6 Å². The molecule has 7 heteroatoms. The Bertz CT molecular complexity index is 1060. The first-order valence-corrected chi connectivity index (χ1v) is 10.3. The molecule has 0 radical (unpaired) electrons. The highest BCUT2D eigenvalue weighted by atomic mass is 16.8. The number of carbonyl (C=O) groups is 1. The Kier molecular flexibility index (Phi) is 8.09. The third-order valence-electron chi connectivity index (χ3n) is 4.63. The number of allylic oxidation sites excluding steroid dienone is 1. The molecule has 0 aliphatic heterocycles. The Morgan fingerprint density at radius 1 is 1.25 bits per heavy atom. The van der Waals surface area contributed by atoms with E-state index in [1.54, 1.807) is 4.68 Å². The summed E-state index contributed by atoms with van der Waals surface area (Å²) in [6, 6.07) is 11.8. The monoisotopic (exact) mass is 435 g/mol. The highest BCUT2D eigenvalue weighted by Crippen LogP contribution is 2.31. The molecule has 168 valence electrons. The van der Waals surface area contributed by atoms with Gasteiger partial charge in [-0.25, -0.2) is 4.79 Å². The van der Waals surface area contributed by atoms with Gasteiger partial charge in [-0.3, -0.25) is 4.68 Å². The second-order valence-corrected chi connectivity index (χ2v) is 8.18. The minimum Gasteiger partial charge on any atom is -0.451 e. The van der Waals surface area contributed by atoms with Crippen molar-refractivity contribution in [1.82, 2.24) is 9.78 Å². The first-order valence-electron chi connectivity index (χ1n) is 10.3. The second kappa shape index (κ2) is 10.5. The normalized spacial score (nSPS) is 12.8. The van der Waals surface area contributed by atoms with Gasteiger partial charge in [-0.2, -0.15) is 10.4 Å². The van der Waals surface area contributed by atoms with Gasteiger partial charge in [-0.05, 0) is 36.5 Å². The molecule has 2 rings (SSSR count). The molecule has 1 heterocycles. The van der Waals surface area contributed by atoms with Crippen LogP contribution in [0, 0.1) is 30.6 Å². The molecule has 1 atom stereocenters. The van der Waals surface area contributed by atoms with Gasteiger partial charge in [0.1, 0.15) is 17.3 Å². The molecule has 0 spiro atoms. The standard InChI is InChI=1S/C25H29N3O4/c1-8-14-30-24(29)32-18(4)31-23(22-15-17(3)27-28(22)9-2)21(16-26)19-10-12-20(13-11-19)25(5,6)7/h1,10-13,15,18H,9,14H2,2-7H3/b23-21-. The van der Waals surface area contributed by atoms with Crippen LogP contribution in [0.2, 0.25) is 0 Å². The van der Waals surface area contributed by atoms with Crippen molar-refractivity contribution in [1.29, 1.82) is 5.26 Å². The number of ether oxygens (including phenoxy) is 3. The summed E-state index contributed by atoms with van der Waals surface area (Å²) >= 11 is 0. The van der Waals surface area contributed by atoms with E-state index >= 15 is 0 Å². The lowest BCUT2D eigenvalue weighted by Crippen LogP contribution is -2.20. The van der Waals surface area contributed by atoms with Gasteiger partial charge in [0.15, 0.2) is 12.4 Å². The molecule has 0 amide bonds. The fraction of sp³-hybridized carbons (Fsp3) is 0.400. The summed E-state index contributed by atoms with van der Waals surface area (Å²) in [6.07, 6.45) is 3.10. The summed E-state index contributed by atoms with van der Waals surface area (Å²) in [6.45, 7) is 12.1. The number of rotatable bonds is 7. The average molecular weight is 436 g/mol. The van der Waals surface area contributed by atoms with E-state index in [0.29, 0.717) is 23.4 Å². The number of carbonyl (C=O) groups excluding carboxylic acids is 1. The van der Waals surface area contributed by atoms with Crippen molar-refractivity contribution >= 4 is 17.5 Å². The van der Waals surface area contributed by atoms with Gasteiger partial charge in [0.05, 0.1) is 5.69 Å². The van der Waals surface area contributed by atoms with Crippen LogP contribution in [-0.2, 0) is 26.2 Å². The molecule has 0 aliphatic rings. The number of hydrogen-bond acceptors (Lipinski definition) is 6. The molecule has 7 nitrogen and oxygen atoms in total. The van der Waals surface area contributed by atoms with Crippen molar-refractivity contribution in [3.8, 4) is 18.4 Å². The largest absolute Gasteiger partial charge is 0.512 e. The molecule has 1 aromatic carbocycles. The van der Waals surface area contributed by atoms with Crippen LogP contribution in [0.5, 0.6) is 0 Å². The van der Waals surface area contributed by atoms with E-state index < -0.39 is 12.4 Å². The van der Waals surface area contributed by atoms with Crippen LogP contribution in [-0.4, -0.2) is 28.8 Å². The number of terminal acetylenes is 1. The second-order valence-electron chi connectivity index (χ2n) is 8.18. The summed E-state index contributed by atoms with van der Waals surface area (Å²) < 4.78 is 17.6. The molecular weight excluding hydrogens is 406 g/mol. The van der Waals surface area contributed by atoms with Gasteiger partial charge < -0.3 is 14.2 Å². The van der Waals surface area contributed by atoms with E-state index in [1.165, 1.54) is 6.92 Å². The average Bonchev–Trinajstić information content (AvgIpc) is 3.12. The summed E-state index contributed by atoms with van der Waals surface area (Å²) in [5.74, 6) is 2.45. The molecule has 0 fully saturated rings. The van der Waals surface area contributed by atoms with Gasteiger partial charge in [0.25, 0.3) is 0 Å². The molecule has 0 saturated carbocycles. The molecule has 0 N–H and O–H groups in total. The van der Waals surface area contributed by atoms with Crippen LogP contribution < -0.4 is 0 Å². The maximum atomic E-state index is 11.8. The SMILES string of the molecule is C#CCOC(=O)OC(C)O/C(=C(/C#N)c1ccc(C(C)(C)C)cc1)c1cc(C)nn1CC. The van der Waals surface area contributed by atoms with Crippen molar-refractivity contribution in [2.45, 2.75) is 59.8 Å². The number of aryl methyl sites for hydroxylation is 2. The van der Waals surface area contributed by atoms with Gasteiger partial charge in [0.2, 0.25) is 6.29 Å². The quantitative estimate of drug-likeness (QED) is 0.199. The molecule has 0 aliphatic carbocycles. The van der Waals surface area contributed by atoms with E-state index in [0.717, 1.165) is 11.3 Å². The zero-order valence-electron chi connectivity index (χ0n) is 19.4. The Morgan fingerprint density at radius 2 is 1.91 bits per heavy atom. The third kappa shape index (κ3) is 6.15. The van der Waals surface area contributed by atoms with Gasteiger partial charge >= 0.3 is 6.16 Å². The van der Waals surface area contributed by atoms with Crippen molar-refractivity contribution in [3.05, 3.63) is 52.8 Å². The predicted molar refractivity (Wildman–Crippen MR) is 122 cm³/mol. The van der Waals surface area contributed by atoms with Crippen molar-refractivity contribution in [3.63, 3.8) is 0 Å². The molecule has 0 saturated heterocycles. The van der Waals surface area contributed by atoms with E-state index in [2.05, 4.69) is 37.9 Å². The lowest BCUT2D eigenvalue weighted by atomic mass is 9.86.